The predicted octanol–water partition coefficient (Wildman–Crippen LogP) is 3.37. The van der Waals surface area contributed by atoms with Crippen molar-refractivity contribution in [3.63, 3.8) is 0 Å². The number of amides is 2. The molecule has 7 heteroatoms. The number of hydrogen-bond donors (Lipinski definition) is 1. The molecule has 7 nitrogen and oxygen atoms in total. The van der Waals surface area contributed by atoms with Crippen LogP contribution in [0.25, 0.3) is 0 Å². The van der Waals surface area contributed by atoms with Gasteiger partial charge in [-0.25, -0.2) is 4.79 Å². The first-order chi connectivity index (χ1) is 11.9. The Morgan fingerprint density at radius 2 is 2.08 bits per heavy atom. The summed E-state index contributed by atoms with van der Waals surface area (Å²) in [5, 5.41) is 7.00. The van der Waals surface area contributed by atoms with E-state index in [0.717, 1.165) is 24.9 Å². The second kappa shape index (κ2) is 6.82. The number of hydrogen-bond acceptors (Lipinski definition) is 5. The lowest BCUT2D eigenvalue weighted by Crippen LogP contribution is -2.40. The van der Waals surface area contributed by atoms with Gasteiger partial charge in [-0.15, -0.1) is 0 Å². The van der Waals surface area contributed by atoms with Crippen LogP contribution in [0, 0.1) is 0 Å². The molecule has 0 aromatic carbocycles. The summed E-state index contributed by atoms with van der Waals surface area (Å²) < 4.78 is 5.33. The van der Waals surface area contributed by atoms with Gasteiger partial charge < -0.3 is 14.7 Å². The highest BCUT2D eigenvalue weighted by Crippen LogP contribution is 2.31. The normalized spacial score (nSPS) is 19.0. The van der Waals surface area contributed by atoms with Crippen LogP contribution in [0.3, 0.4) is 0 Å². The first kappa shape index (κ1) is 17.4. The topological polar surface area (TPSA) is 84.2 Å². The van der Waals surface area contributed by atoms with E-state index in [1.165, 1.54) is 0 Å². The Morgan fingerprint density at radius 3 is 2.72 bits per heavy atom. The summed E-state index contributed by atoms with van der Waals surface area (Å²) in [5.74, 6) is 1.07. The van der Waals surface area contributed by atoms with E-state index in [1.807, 2.05) is 44.7 Å². The van der Waals surface area contributed by atoms with Crippen molar-refractivity contribution in [2.45, 2.75) is 58.0 Å². The minimum atomic E-state index is -0.338. The minimum Gasteiger partial charge on any atom is -0.337 e. The van der Waals surface area contributed by atoms with Crippen molar-refractivity contribution in [2.24, 2.45) is 0 Å². The first-order valence-electron chi connectivity index (χ1n) is 8.67. The van der Waals surface area contributed by atoms with Gasteiger partial charge in [0.25, 0.3) is 0 Å². The molecule has 1 N–H and O–H groups in total. The number of aromatic nitrogens is 3. The van der Waals surface area contributed by atoms with E-state index in [0.29, 0.717) is 11.7 Å². The van der Waals surface area contributed by atoms with Gasteiger partial charge in [-0.2, -0.15) is 4.98 Å². The molecule has 3 rings (SSSR count). The van der Waals surface area contributed by atoms with Crippen LogP contribution >= 0.6 is 0 Å². The van der Waals surface area contributed by atoms with Gasteiger partial charge in [-0.3, -0.25) is 4.98 Å². The highest BCUT2D eigenvalue weighted by molar-refractivity contribution is 5.75. The number of carbonyl (C=O) groups is 1. The van der Waals surface area contributed by atoms with E-state index in [1.54, 1.807) is 12.4 Å². The van der Waals surface area contributed by atoms with Crippen molar-refractivity contribution < 1.29 is 9.32 Å². The molecule has 2 atom stereocenters. The third-order valence-corrected chi connectivity index (χ3v) is 4.43. The lowest BCUT2D eigenvalue weighted by molar-refractivity contribution is 0.187. The molecule has 0 radical (unpaired) electrons. The number of pyridine rings is 1. The molecular formula is C18H25N5O2. The number of rotatable bonds is 3. The Morgan fingerprint density at radius 1 is 1.36 bits per heavy atom. The molecule has 2 aromatic heterocycles. The third kappa shape index (κ3) is 3.81. The fraction of sp³-hybridized carbons (Fsp3) is 0.556. The standard InChI is InChI=1S/C18H25N5O2/c1-12(15-21-16(22-25-15)18(2,3)4)20-17(24)23-11-5-6-14(23)13-7-9-19-10-8-13/h7-10,12,14H,5-6,11H2,1-4H3,(H,20,24)/t12-,14-/m0/s1. The van der Waals surface area contributed by atoms with E-state index in [9.17, 15) is 4.79 Å². The Hall–Kier alpha value is -2.44. The quantitative estimate of drug-likeness (QED) is 0.923. The summed E-state index contributed by atoms with van der Waals surface area (Å²) >= 11 is 0. The van der Waals surface area contributed by atoms with Gasteiger partial charge in [0.2, 0.25) is 5.89 Å². The fourth-order valence-corrected chi connectivity index (χ4v) is 2.99. The average Bonchev–Trinajstić information content (AvgIpc) is 3.24. The van der Waals surface area contributed by atoms with Crippen LogP contribution in [-0.4, -0.2) is 32.6 Å². The van der Waals surface area contributed by atoms with Crippen LogP contribution < -0.4 is 5.32 Å². The molecule has 1 aliphatic heterocycles. The number of urea groups is 1. The Bertz CT molecular complexity index is 723. The van der Waals surface area contributed by atoms with Crippen molar-refractivity contribution in [2.75, 3.05) is 6.54 Å². The molecule has 134 valence electrons. The molecule has 2 aromatic rings. The van der Waals surface area contributed by atoms with Crippen LogP contribution in [0.1, 0.15) is 69.9 Å². The zero-order chi connectivity index (χ0) is 18.0. The monoisotopic (exact) mass is 343 g/mol. The van der Waals surface area contributed by atoms with E-state index >= 15 is 0 Å². The zero-order valence-electron chi connectivity index (χ0n) is 15.2. The van der Waals surface area contributed by atoms with Gasteiger partial charge in [0.1, 0.15) is 6.04 Å². The van der Waals surface area contributed by atoms with Crippen LogP contribution in [0.15, 0.2) is 29.0 Å². The number of nitrogens with zero attached hydrogens (tertiary/aromatic N) is 4. The lowest BCUT2D eigenvalue weighted by atomic mass is 9.96. The molecule has 0 unspecified atom stereocenters. The maximum absolute atomic E-state index is 12.7. The number of likely N-dealkylation sites (tertiary alicyclic amines) is 1. The summed E-state index contributed by atoms with van der Waals surface area (Å²) in [4.78, 5) is 23.1. The molecule has 0 aliphatic carbocycles. The molecule has 0 bridgehead atoms. The average molecular weight is 343 g/mol. The van der Waals surface area contributed by atoms with E-state index in [4.69, 9.17) is 4.52 Å². The van der Waals surface area contributed by atoms with Crippen molar-refractivity contribution in [3.05, 3.63) is 41.8 Å². The summed E-state index contributed by atoms with van der Waals surface area (Å²) in [6.07, 6.45) is 5.47. The van der Waals surface area contributed by atoms with E-state index < -0.39 is 0 Å². The Labute approximate surface area is 147 Å². The van der Waals surface area contributed by atoms with Gasteiger partial charge in [0, 0.05) is 24.4 Å². The number of carbonyl (C=O) groups excluding carboxylic acids is 1. The van der Waals surface area contributed by atoms with Crippen LogP contribution in [0.2, 0.25) is 0 Å². The summed E-state index contributed by atoms with van der Waals surface area (Å²) in [7, 11) is 0. The highest BCUT2D eigenvalue weighted by atomic mass is 16.5. The van der Waals surface area contributed by atoms with Crippen molar-refractivity contribution in [1.29, 1.82) is 0 Å². The minimum absolute atomic E-state index is 0.0861. The van der Waals surface area contributed by atoms with Gasteiger partial charge in [0.05, 0.1) is 6.04 Å². The Balaban J connectivity index is 1.68. The van der Waals surface area contributed by atoms with E-state index in [2.05, 4.69) is 20.4 Å². The first-order valence-corrected chi connectivity index (χ1v) is 8.67. The molecule has 25 heavy (non-hydrogen) atoms. The molecule has 0 spiro atoms. The maximum atomic E-state index is 12.7. The van der Waals surface area contributed by atoms with Gasteiger partial charge >= 0.3 is 6.03 Å². The SMILES string of the molecule is C[C@H](NC(=O)N1CCC[C@H]1c1ccncc1)c1nc(C(C)(C)C)no1. The van der Waals surface area contributed by atoms with Crippen molar-refractivity contribution in [1.82, 2.24) is 25.3 Å². The van der Waals surface area contributed by atoms with E-state index in [-0.39, 0.29) is 23.5 Å². The lowest BCUT2D eigenvalue weighted by Gasteiger charge is -2.26. The van der Waals surface area contributed by atoms with Gasteiger partial charge in [-0.1, -0.05) is 25.9 Å². The largest absolute Gasteiger partial charge is 0.337 e. The second-order valence-electron chi connectivity index (χ2n) is 7.51. The second-order valence-corrected chi connectivity index (χ2v) is 7.51. The molecular weight excluding hydrogens is 318 g/mol. The zero-order valence-corrected chi connectivity index (χ0v) is 15.2. The smallest absolute Gasteiger partial charge is 0.318 e. The summed E-state index contributed by atoms with van der Waals surface area (Å²) in [6.45, 7) is 8.66. The van der Waals surface area contributed by atoms with Crippen LogP contribution in [-0.2, 0) is 5.41 Å². The van der Waals surface area contributed by atoms with Crippen LogP contribution in [0.4, 0.5) is 4.79 Å². The molecule has 0 saturated carbocycles. The van der Waals surface area contributed by atoms with Crippen molar-refractivity contribution >= 4 is 6.03 Å². The molecule has 1 fully saturated rings. The molecule has 1 saturated heterocycles. The molecule has 1 aliphatic rings. The fourth-order valence-electron chi connectivity index (χ4n) is 2.99. The maximum Gasteiger partial charge on any atom is 0.318 e. The predicted molar refractivity (Wildman–Crippen MR) is 92.9 cm³/mol. The summed E-state index contributed by atoms with van der Waals surface area (Å²) in [5.41, 5.74) is 0.926. The third-order valence-electron chi connectivity index (χ3n) is 4.43. The number of nitrogens with one attached hydrogen (secondary N) is 1. The van der Waals surface area contributed by atoms with Gasteiger partial charge in [-0.05, 0) is 37.5 Å². The molecule has 3 heterocycles. The van der Waals surface area contributed by atoms with Gasteiger partial charge in [0.15, 0.2) is 5.82 Å². The molecule has 2 amide bonds. The van der Waals surface area contributed by atoms with Crippen LogP contribution in [0.5, 0.6) is 0 Å². The Kier molecular flexibility index (Phi) is 4.74. The van der Waals surface area contributed by atoms with Crippen molar-refractivity contribution in [3.8, 4) is 0 Å². The summed E-state index contributed by atoms with van der Waals surface area (Å²) in [6, 6.07) is 3.57. The highest BCUT2D eigenvalue weighted by Gasteiger charge is 2.31.